The highest BCUT2D eigenvalue weighted by molar-refractivity contribution is 6.39. The number of hydrogen-bond donors (Lipinski definition) is 1. The van der Waals surface area contributed by atoms with E-state index >= 15 is 0 Å². The molecule has 0 aliphatic rings. The highest BCUT2D eigenvalue weighted by atomic mass is 35.5. The van der Waals surface area contributed by atoms with Gasteiger partial charge < -0.3 is 5.73 Å². The standard InChI is InChI=1S/C12H8Cl2FN/c13-9-2-1-3-10(14)12(9)8-5-4-7(15)6-11(8)16/h1-6H,16H2. The fourth-order valence-electron chi connectivity index (χ4n) is 1.52. The minimum absolute atomic E-state index is 0.315. The molecule has 0 radical (unpaired) electrons. The monoisotopic (exact) mass is 255 g/mol. The van der Waals surface area contributed by atoms with Gasteiger partial charge in [-0.2, -0.15) is 0 Å². The lowest BCUT2D eigenvalue weighted by atomic mass is 10.0. The van der Waals surface area contributed by atoms with Gasteiger partial charge in [0.05, 0.1) is 0 Å². The Morgan fingerprint density at radius 1 is 1.00 bits per heavy atom. The van der Waals surface area contributed by atoms with Crippen molar-refractivity contribution in [2.24, 2.45) is 0 Å². The van der Waals surface area contributed by atoms with E-state index in [1.54, 1.807) is 24.3 Å². The molecule has 0 fully saturated rings. The fourth-order valence-corrected chi connectivity index (χ4v) is 2.12. The molecule has 0 bridgehead atoms. The van der Waals surface area contributed by atoms with Gasteiger partial charge in [-0.3, -0.25) is 0 Å². The summed E-state index contributed by atoms with van der Waals surface area (Å²) in [4.78, 5) is 0. The molecule has 16 heavy (non-hydrogen) atoms. The number of nitrogens with two attached hydrogens (primary N) is 1. The summed E-state index contributed by atoms with van der Waals surface area (Å²) in [5.41, 5.74) is 7.31. The largest absolute Gasteiger partial charge is 0.398 e. The van der Waals surface area contributed by atoms with Crippen LogP contribution in [0, 0.1) is 5.82 Å². The first-order valence-corrected chi connectivity index (χ1v) is 5.34. The zero-order valence-corrected chi connectivity index (χ0v) is 9.69. The van der Waals surface area contributed by atoms with Crippen LogP contribution < -0.4 is 5.73 Å². The summed E-state index contributed by atoms with van der Waals surface area (Å²) in [5.74, 6) is -0.385. The van der Waals surface area contributed by atoms with Crippen LogP contribution in [0.5, 0.6) is 0 Å². The van der Waals surface area contributed by atoms with Crippen LogP contribution in [0.3, 0.4) is 0 Å². The maximum Gasteiger partial charge on any atom is 0.125 e. The zero-order valence-electron chi connectivity index (χ0n) is 8.18. The molecule has 0 saturated carbocycles. The van der Waals surface area contributed by atoms with Crippen molar-refractivity contribution >= 4 is 28.9 Å². The van der Waals surface area contributed by atoms with Gasteiger partial charge in [0.15, 0.2) is 0 Å². The molecule has 0 amide bonds. The summed E-state index contributed by atoms with van der Waals surface area (Å²) < 4.78 is 12.9. The molecule has 0 aliphatic carbocycles. The van der Waals surface area contributed by atoms with Crippen molar-refractivity contribution in [3.63, 3.8) is 0 Å². The Morgan fingerprint density at radius 2 is 1.62 bits per heavy atom. The molecule has 2 aromatic rings. The van der Waals surface area contributed by atoms with Crippen LogP contribution in [0.4, 0.5) is 10.1 Å². The van der Waals surface area contributed by atoms with Crippen LogP contribution >= 0.6 is 23.2 Å². The Kier molecular flexibility index (Phi) is 3.03. The average Bonchev–Trinajstić information content (AvgIpc) is 2.20. The van der Waals surface area contributed by atoms with Crippen LogP contribution in [0.15, 0.2) is 36.4 Å². The number of rotatable bonds is 1. The summed E-state index contributed by atoms with van der Waals surface area (Å²) in [6.45, 7) is 0. The Hall–Kier alpha value is -1.25. The number of hydrogen-bond acceptors (Lipinski definition) is 1. The SMILES string of the molecule is Nc1cc(F)ccc1-c1c(Cl)cccc1Cl. The van der Waals surface area contributed by atoms with Crippen LogP contribution in [-0.4, -0.2) is 0 Å². The molecule has 0 atom stereocenters. The number of anilines is 1. The van der Waals surface area contributed by atoms with Gasteiger partial charge in [0.1, 0.15) is 5.82 Å². The molecule has 0 aliphatic heterocycles. The van der Waals surface area contributed by atoms with E-state index in [1.165, 1.54) is 12.1 Å². The maximum absolute atomic E-state index is 12.9. The van der Waals surface area contributed by atoms with Gasteiger partial charge in [-0.15, -0.1) is 0 Å². The van der Waals surface area contributed by atoms with Gasteiger partial charge in [0.25, 0.3) is 0 Å². The lowest BCUT2D eigenvalue weighted by Crippen LogP contribution is -1.92. The van der Waals surface area contributed by atoms with Crippen LogP contribution in [0.1, 0.15) is 0 Å². The molecule has 0 aromatic heterocycles. The van der Waals surface area contributed by atoms with E-state index < -0.39 is 0 Å². The third-order valence-electron chi connectivity index (χ3n) is 2.25. The van der Waals surface area contributed by atoms with Gasteiger partial charge in [0.2, 0.25) is 0 Å². The molecule has 0 heterocycles. The predicted molar refractivity (Wildman–Crippen MR) is 66.3 cm³/mol. The highest BCUT2D eigenvalue weighted by Crippen LogP contribution is 2.37. The van der Waals surface area contributed by atoms with E-state index in [1.807, 2.05) is 0 Å². The van der Waals surface area contributed by atoms with Crippen molar-refractivity contribution in [2.75, 3.05) is 5.73 Å². The highest BCUT2D eigenvalue weighted by Gasteiger charge is 2.11. The summed E-state index contributed by atoms with van der Waals surface area (Å²) in [6, 6.07) is 9.31. The summed E-state index contributed by atoms with van der Waals surface area (Å²) in [6.07, 6.45) is 0. The normalized spacial score (nSPS) is 10.4. The van der Waals surface area contributed by atoms with Crippen molar-refractivity contribution in [2.45, 2.75) is 0 Å². The van der Waals surface area contributed by atoms with E-state index in [2.05, 4.69) is 0 Å². The van der Waals surface area contributed by atoms with Crippen LogP contribution in [0.2, 0.25) is 10.0 Å². The van der Waals surface area contributed by atoms with Crippen molar-refractivity contribution in [1.29, 1.82) is 0 Å². The van der Waals surface area contributed by atoms with Crippen LogP contribution in [-0.2, 0) is 0 Å². The molecule has 2 aromatic carbocycles. The van der Waals surface area contributed by atoms with E-state index in [-0.39, 0.29) is 5.82 Å². The summed E-state index contributed by atoms with van der Waals surface area (Å²) >= 11 is 12.1. The van der Waals surface area contributed by atoms with Crippen molar-refractivity contribution < 1.29 is 4.39 Å². The molecule has 0 spiro atoms. The van der Waals surface area contributed by atoms with E-state index in [4.69, 9.17) is 28.9 Å². The predicted octanol–water partition coefficient (Wildman–Crippen LogP) is 4.38. The molecule has 2 N–H and O–H groups in total. The first-order chi connectivity index (χ1) is 7.59. The van der Waals surface area contributed by atoms with Crippen LogP contribution in [0.25, 0.3) is 11.1 Å². The Balaban J connectivity index is 2.68. The van der Waals surface area contributed by atoms with Gasteiger partial charge >= 0.3 is 0 Å². The van der Waals surface area contributed by atoms with Gasteiger partial charge in [0, 0.05) is 26.9 Å². The fraction of sp³-hybridized carbons (Fsp3) is 0. The maximum atomic E-state index is 12.9. The quantitative estimate of drug-likeness (QED) is 0.752. The molecule has 1 nitrogen and oxygen atoms in total. The number of nitrogen functional groups attached to an aromatic ring is 1. The lowest BCUT2D eigenvalue weighted by molar-refractivity contribution is 0.628. The summed E-state index contributed by atoms with van der Waals surface area (Å²) in [5, 5.41) is 0.983. The van der Waals surface area contributed by atoms with E-state index in [0.29, 0.717) is 26.9 Å². The second-order valence-corrected chi connectivity index (χ2v) is 4.14. The second kappa shape index (κ2) is 4.32. The average molecular weight is 256 g/mol. The van der Waals surface area contributed by atoms with Gasteiger partial charge in [-0.25, -0.2) is 4.39 Å². The minimum Gasteiger partial charge on any atom is -0.398 e. The topological polar surface area (TPSA) is 26.0 Å². The zero-order chi connectivity index (χ0) is 11.7. The van der Waals surface area contributed by atoms with E-state index in [9.17, 15) is 4.39 Å². The number of halogens is 3. The van der Waals surface area contributed by atoms with Crippen molar-refractivity contribution in [3.05, 3.63) is 52.3 Å². The summed E-state index contributed by atoms with van der Waals surface area (Å²) in [7, 11) is 0. The van der Waals surface area contributed by atoms with Crippen molar-refractivity contribution in [3.8, 4) is 11.1 Å². The molecular weight excluding hydrogens is 248 g/mol. The Bertz CT molecular complexity index is 520. The molecule has 4 heteroatoms. The smallest absolute Gasteiger partial charge is 0.125 e. The Labute approximate surface area is 103 Å². The minimum atomic E-state index is -0.385. The molecule has 0 unspecified atom stereocenters. The number of benzene rings is 2. The molecule has 0 saturated heterocycles. The third-order valence-corrected chi connectivity index (χ3v) is 2.88. The van der Waals surface area contributed by atoms with Gasteiger partial charge in [-0.05, 0) is 30.3 Å². The first kappa shape index (κ1) is 11.2. The molecule has 82 valence electrons. The van der Waals surface area contributed by atoms with Crippen molar-refractivity contribution in [1.82, 2.24) is 0 Å². The second-order valence-electron chi connectivity index (χ2n) is 3.33. The van der Waals surface area contributed by atoms with Gasteiger partial charge in [-0.1, -0.05) is 29.3 Å². The lowest BCUT2D eigenvalue weighted by Gasteiger charge is -2.09. The first-order valence-electron chi connectivity index (χ1n) is 4.59. The molecular formula is C12H8Cl2FN. The Morgan fingerprint density at radius 3 is 2.19 bits per heavy atom. The van der Waals surface area contributed by atoms with E-state index in [0.717, 1.165) is 0 Å². The molecule has 2 rings (SSSR count). The third kappa shape index (κ3) is 1.99.